The van der Waals surface area contributed by atoms with Crippen molar-refractivity contribution >= 4 is 11.8 Å². The molecular weight excluding hydrogens is 324 g/mol. The Morgan fingerprint density at radius 3 is 2.54 bits per heavy atom. The predicted octanol–water partition coefficient (Wildman–Crippen LogP) is 5.17. The molecule has 4 aliphatic rings. The molecule has 26 heavy (non-hydrogen) atoms. The highest BCUT2D eigenvalue weighted by Gasteiger charge is 2.61. The first-order valence-corrected chi connectivity index (χ1v) is 11.0. The molecule has 0 spiro atoms. The molecule has 4 saturated carbocycles. The molecule has 0 aromatic rings. The van der Waals surface area contributed by atoms with Gasteiger partial charge in [0.05, 0.1) is 0 Å². The van der Waals surface area contributed by atoms with Crippen LogP contribution in [0, 0.1) is 40.4 Å². The summed E-state index contributed by atoms with van der Waals surface area (Å²) in [7, 11) is 0. The van der Waals surface area contributed by atoms with Gasteiger partial charge in [-0.25, -0.2) is 0 Å². The van der Waals surface area contributed by atoms with Crippen molar-refractivity contribution in [1.29, 1.82) is 0 Å². The van der Waals surface area contributed by atoms with Crippen LogP contribution < -0.4 is 0 Å². The number of Topliss-reactive ketones (excluding diaryl/α,β-unsaturated/α-hetero) is 1. The first-order chi connectivity index (χ1) is 12.3. The number of rotatable bonds is 2. The van der Waals surface area contributed by atoms with Crippen LogP contribution in [0.3, 0.4) is 0 Å². The zero-order valence-electron chi connectivity index (χ0n) is 17.1. The largest absolute Gasteiger partial charge is 0.462 e. The van der Waals surface area contributed by atoms with Crippen LogP contribution in [-0.4, -0.2) is 17.9 Å². The molecule has 0 amide bonds. The number of esters is 1. The van der Waals surface area contributed by atoms with Crippen molar-refractivity contribution < 1.29 is 14.3 Å². The SMILES string of the molecule is CCC(=O)O[C@H]1CCC2C3CCC4CC(=O)[C@H](C)C[C@]4(C)C3CC[C@@]21C. The van der Waals surface area contributed by atoms with Gasteiger partial charge in [0.15, 0.2) is 0 Å². The number of hydrogen-bond acceptors (Lipinski definition) is 3. The van der Waals surface area contributed by atoms with Crippen LogP contribution in [0.25, 0.3) is 0 Å². The summed E-state index contributed by atoms with van der Waals surface area (Å²) in [4.78, 5) is 24.2. The molecule has 8 atom stereocenters. The van der Waals surface area contributed by atoms with Gasteiger partial charge in [-0.2, -0.15) is 0 Å². The zero-order valence-corrected chi connectivity index (χ0v) is 17.1. The van der Waals surface area contributed by atoms with Gasteiger partial charge in [-0.05, 0) is 74.0 Å². The smallest absolute Gasteiger partial charge is 0.305 e. The fourth-order valence-electron chi connectivity index (χ4n) is 7.79. The summed E-state index contributed by atoms with van der Waals surface area (Å²) in [5.41, 5.74) is 0.515. The fourth-order valence-corrected chi connectivity index (χ4v) is 7.79. The van der Waals surface area contributed by atoms with Crippen molar-refractivity contribution in [2.45, 2.75) is 91.6 Å². The number of carbonyl (C=O) groups excluding carboxylic acids is 2. The van der Waals surface area contributed by atoms with Gasteiger partial charge in [-0.15, -0.1) is 0 Å². The van der Waals surface area contributed by atoms with E-state index in [2.05, 4.69) is 20.8 Å². The van der Waals surface area contributed by atoms with Gasteiger partial charge in [0, 0.05) is 24.2 Å². The van der Waals surface area contributed by atoms with Gasteiger partial charge in [0.2, 0.25) is 0 Å². The molecule has 3 heteroatoms. The second kappa shape index (κ2) is 6.34. The Kier molecular flexibility index (Phi) is 4.51. The van der Waals surface area contributed by atoms with Gasteiger partial charge in [-0.1, -0.05) is 27.7 Å². The van der Waals surface area contributed by atoms with Gasteiger partial charge in [0.1, 0.15) is 11.9 Å². The second-order valence-electron chi connectivity index (χ2n) is 10.4. The van der Waals surface area contributed by atoms with Crippen molar-refractivity contribution in [2.75, 3.05) is 0 Å². The molecular formula is C23H36O3. The molecule has 0 radical (unpaired) electrons. The molecule has 0 aromatic carbocycles. The lowest BCUT2D eigenvalue weighted by atomic mass is 9.44. The highest BCUT2D eigenvalue weighted by atomic mass is 16.5. The number of hydrogen-bond donors (Lipinski definition) is 0. The van der Waals surface area contributed by atoms with E-state index in [1.165, 1.54) is 32.1 Å². The molecule has 0 aromatic heterocycles. The standard InChI is InChI=1S/C23H36O3/c1-5-21(25)26-20-9-8-17-16-7-6-15-12-19(24)14(2)13-23(15,4)18(16)10-11-22(17,20)3/h14-18,20H,5-13H2,1-4H3/t14-,15?,16?,17?,18?,20+,22+,23+/m1/s1. The van der Waals surface area contributed by atoms with E-state index in [9.17, 15) is 9.59 Å². The first kappa shape index (κ1) is 18.5. The quantitative estimate of drug-likeness (QED) is 0.638. The van der Waals surface area contributed by atoms with Crippen LogP contribution in [0.1, 0.15) is 85.5 Å². The van der Waals surface area contributed by atoms with E-state index in [4.69, 9.17) is 4.74 Å². The lowest BCUT2D eigenvalue weighted by Gasteiger charge is -2.60. The summed E-state index contributed by atoms with van der Waals surface area (Å²) in [5.74, 6) is 3.53. The number of ketones is 1. The fraction of sp³-hybridized carbons (Fsp3) is 0.913. The lowest BCUT2D eigenvalue weighted by Crippen LogP contribution is -2.55. The molecule has 4 rings (SSSR count). The topological polar surface area (TPSA) is 43.4 Å². The molecule has 3 nitrogen and oxygen atoms in total. The molecule has 0 bridgehead atoms. The van der Waals surface area contributed by atoms with Crippen LogP contribution in [0.2, 0.25) is 0 Å². The van der Waals surface area contributed by atoms with E-state index in [1.807, 2.05) is 6.92 Å². The number of ether oxygens (including phenoxy) is 1. The Morgan fingerprint density at radius 2 is 1.81 bits per heavy atom. The van der Waals surface area contributed by atoms with Crippen LogP contribution in [-0.2, 0) is 14.3 Å². The van der Waals surface area contributed by atoms with E-state index >= 15 is 0 Å². The van der Waals surface area contributed by atoms with Crippen LogP contribution >= 0.6 is 0 Å². The van der Waals surface area contributed by atoms with Crippen LogP contribution in [0.4, 0.5) is 0 Å². The molecule has 4 unspecified atom stereocenters. The van der Waals surface area contributed by atoms with Gasteiger partial charge in [-0.3, -0.25) is 9.59 Å². The summed E-state index contributed by atoms with van der Waals surface area (Å²) >= 11 is 0. The summed E-state index contributed by atoms with van der Waals surface area (Å²) in [6.45, 7) is 8.94. The van der Waals surface area contributed by atoms with E-state index in [-0.39, 0.29) is 23.4 Å². The molecule has 0 N–H and O–H groups in total. The Morgan fingerprint density at radius 1 is 1.08 bits per heavy atom. The Balaban J connectivity index is 1.57. The Hall–Kier alpha value is -0.860. The average molecular weight is 361 g/mol. The van der Waals surface area contributed by atoms with Crippen LogP contribution in [0.15, 0.2) is 0 Å². The van der Waals surface area contributed by atoms with E-state index in [1.54, 1.807) is 0 Å². The Labute approximate surface area is 158 Å². The molecule has 4 aliphatic carbocycles. The highest BCUT2D eigenvalue weighted by Crippen LogP contribution is 2.66. The van der Waals surface area contributed by atoms with E-state index in [0.717, 1.165) is 31.1 Å². The third-order valence-electron chi connectivity index (χ3n) is 9.28. The molecule has 4 fully saturated rings. The summed E-state index contributed by atoms with van der Waals surface area (Å²) in [6.07, 6.45) is 9.72. The van der Waals surface area contributed by atoms with Gasteiger partial charge >= 0.3 is 5.97 Å². The Bertz CT molecular complexity index is 598. The molecule has 146 valence electrons. The first-order valence-electron chi connectivity index (χ1n) is 11.0. The van der Waals surface area contributed by atoms with Gasteiger partial charge in [0.25, 0.3) is 0 Å². The third kappa shape index (κ3) is 2.59. The van der Waals surface area contributed by atoms with Crippen molar-refractivity contribution in [3.05, 3.63) is 0 Å². The maximum absolute atomic E-state index is 12.3. The molecule has 0 heterocycles. The maximum atomic E-state index is 12.3. The normalized spacial score (nSPS) is 50.5. The second-order valence-corrected chi connectivity index (χ2v) is 10.4. The van der Waals surface area contributed by atoms with E-state index in [0.29, 0.717) is 29.5 Å². The van der Waals surface area contributed by atoms with Crippen molar-refractivity contribution in [2.24, 2.45) is 40.4 Å². The van der Waals surface area contributed by atoms with E-state index < -0.39 is 0 Å². The van der Waals surface area contributed by atoms with Crippen molar-refractivity contribution in [3.8, 4) is 0 Å². The predicted molar refractivity (Wildman–Crippen MR) is 101 cm³/mol. The molecule has 0 saturated heterocycles. The summed E-state index contributed by atoms with van der Waals surface area (Å²) in [5, 5.41) is 0. The number of carbonyl (C=O) groups is 2. The minimum atomic E-state index is -0.0331. The van der Waals surface area contributed by atoms with Crippen molar-refractivity contribution in [1.82, 2.24) is 0 Å². The zero-order chi connectivity index (χ0) is 18.7. The third-order valence-corrected chi connectivity index (χ3v) is 9.28. The van der Waals surface area contributed by atoms with Gasteiger partial charge < -0.3 is 4.74 Å². The minimum absolute atomic E-state index is 0.0331. The highest BCUT2D eigenvalue weighted by molar-refractivity contribution is 5.82. The van der Waals surface area contributed by atoms with Crippen molar-refractivity contribution in [3.63, 3.8) is 0 Å². The summed E-state index contributed by atoms with van der Waals surface area (Å²) in [6, 6.07) is 0. The lowest BCUT2D eigenvalue weighted by molar-refractivity contribution is -0.165. The monoisotopic (exact) mass is 360 g/mol. The minimum Gasteiger partial charge on any atom is -0.462 e. The van der Waals surface area contributed by atoms with Crippen LogP contribution in [0.5, 0.6) is 0 Å². The molecule has 0 aliphatic heterocycles. The maximum Gasteiger partial charge on any atom is 0.305 e. The average Bonchev–Trinajstić information content (AvgIpc) is 2.93. The summed E-state index contributed by atoms with van der Waals surface area (Å²) < 4.78 is 5.89. The number of fused-ring (bicyclic) bond motifs is 5.